The molecule has 15 heavy (non-hydrogen) atoms. The van der Waals surface area contributed by atoms with Gasteiger partial charge in [-0.15, -0.1) is 0 Å². The predicted molar refractivity (Wildman–Crippen MR) is 58.6 cm³/mol. The highest BCUT2D eigenvalue weighted by Crippen LogP contribution is 2.29. The fourth-order valence-corrected chi connectivity index (χ4v) is 2.84. The first-order valence-electron chi connectivity index (χ1n) is 6.27. The van der Waals surface area contributed by atoms with E-state index in [1.807, 2.05) is 0 Å². The van der Waals surface area contributed by atoms with Crippen LogP contribution in [0.5, 0.6) is 0 Å². The summed E-state index contributed by atoms with van der Waals surface area (Å²) in [6.45, 7) is 2.41. The quantitative estimate of drug-likeness (QED) is 0.762. The van der Waals surface area contributed by atoms with E-state index in [0.29, 0.717) is 12.8 Å². The molecular formula is C12H22FNO. The molecule has 1 saturated heterocycles. The van der Waals surface area contributed by atoms with E-state index < -0.39 is 11.8 Å². The first-order valence-corrected chi connectivity index (χ1v) is 6.27. The van der Waals surface area contributed by atoms with Crippen molar-refractivity contribution in [3.8, 4) is 0 Å². The smallest absolute Gasteiger partial charge is 0.103 e. The van der Waals surface area contributed by atoms with Crippen molar-refractivity contribution >= 4 is 0 Å². The van der Waals surface area contributed by atoms with Crippen LogP contribution in [0.4, 0.5) is 4.39 Å². The van der Waals surface area contributed by atoms with Gasteiger partial charge in [-0.1, -0.05) is 19.3 Å². The van der Waals surface area contributed by atoms with Crippen molar-refractivity contribution < 1.29 is 9.50 Å². The summed E-state index contributed by atoms with van der Waals surface area (Å²) in [5.41, 5.74) is -0.471. The second-order valence-corrected chi connectivity index (χ2v) is 5.24. The van der Waals surface area contributed by atoms with Gasteiger partial charge in [-0.05, 0) is 25.7 Å². The third-order valence-electron chi connectivity index (χ3n) is 3.82. The molecule has 2 aliphatic rings. The van der Waals surface area contributed by atoms with Crippen LogP contribution in [0.2, 0.25) is 0 Å². The molecule has 0 aromatic heterocycles. The van der Waals surface area contributed by atoms with E-state index in [0.717, 1.165) is 45.3 Å². The molecule has 0 bridgehead atoms. The van der Waals surface area contributed by atoms with Crippen LogP contribution in [-0.4, -0.2) is 41.4 Å². The summed E-state index contributed by atoms with van der Waals surface area (Å²) in [7, 11) is 0. The molecule has 0 radical (unpaired) electrons. The number of hydrogen-bond acceptors (Lipinski definition) is 2. The number of piperidine rings is 1. The molecule has 2 rings (SSSR count). The van der Waals surface area contributed by atoms with E-state index >= 15 is 0 Å². The molecular weight excluding hydrogens is 193 g/mol. The zero-order valence-electron chi connectivity index (χ0n) is 9.42. The van der Waals surface area contributed by atoms with Gasteiger partial charge in [-0.25, -0.2) is 4.39 Å². The number of alkyl halides is 1. The fourth-order valence-electron chi connectivity index (χ4n) is 2.84. The topological polar surface area (TPSA) is 23.5 Å². The van der Waals surface area contributed by atoms with Crippen LogP contribution in [0.15, 0.2) is 0 Å². The molecule has 0 aromatic carbocycles. The Balaban J connectivity index is 1.80. The number of likely N-dealkylation sites (tertiary alicyclic amines) is 1. The Morgan fingerprint density at radius 2 is 1.73 bits per heavy atom. The highest BCUT2D eigenvalue weighted by atomic mass is 19.1. The van der Waals surface area contributed by atoms with Crippen molar-refractivity contribution in [2.24, 2.45) is 0 Å². The highest BCUT2D eigenvalue weighted by Gasteiger charge is 2.32. The van der Waals surface area contributed by atoms with Gasteiger partial charge in [0.25, 0.3) is 0 Å². The van der Waals surface area contributed by atoms with Gasteiger partial charge in [0.05, 0.1) is 5.60 Å². The molecule has 1 aliphatic carbocycles. The minimum absolute atomic E-state index is 0.471. The SMILES string of the molecule is OC1(CN2CCC(F)CC2)CCCCC1. The van der Waals surface area contributed by atoms with E-state index in [1.54, 1.807) is 0 Å². The Bertz CT molecular complexity index is 196. The van der Waals surface area contributed by atoms with Gasteiger partial charge in [0.15, 0.2) is 0 Å². The number of nitrogens with zero attached hydrogens (tertiary/aromatic N) is 1. The number of hydrogen-bond donors (Lipinski definition) is 1. The van der Waals surface area contributed by atoms with Gasteiger partial charge in [-0.3, -0.25) is 0 Å². The molecule has 0 atom stereocenters. The molecule has 1 N–H and O–H groups in total. The predicted octanol–water partition coefficient (Wildman–Crippen LogP) is 2.12. The van der Waals surface area contributed by atoms with E-state index in [-0.39, 0.29) is 0 Å². The average Bonchev–Trinajstić information content (AvgIpc) is 2.22. The van der Waals surface area contributed by atoms with Crippen molar-refractivity contribution in [2.75, 3.05) is 19.6 Å². The number of halogens is 1. The summed E-state index contributed by atoms with van der Waals surface area (Å²) in [6, 6.07) is 0. The van der Waals surface area contributed by atoms with Crippen LogP contribution in [0.1, 0.15) is 44.9 Å². The minimum Gasteiger partial charge on any atom is -0.389 e. The van der Waals surface area contributed by atoms with Crippen molar-refractivity contribution in [3.63, 3.8) is 0 Å². The van der Waals surface area contributed by atoms with Gasteiger partial charge < -0.3 is 10.0 Å². The Morgan fingerprint density at radius 3 is 2.33 bits per heavy atom. The van der Waals surface area contributed by atoms with Crippen LogP contribution in [0.3, 0.4) is 0 Å². The highest BCUT2D eigenvalue weighted by molar-refractivity contribution is 4.87. The lowest BCUT2D eigenvalue weighted by Gasteiger charge is -2.39. The van der Waals surface area contributed by atoms with Gasteiger partial charge in [0.2, 0.25) is 0 Å². The van der Waals surface area contributed by atoms with E-state index in [9.17, 15) is 9.50 Å². The summed E-state index contributed by atoms with van der Waals surface area (Å²) in [5, 5.41) is 10.4. The summed E-state index contributed by atoms with van der Waals surface area (Å²) in [4.78, 5) is 2.24. The Hall–Kier alpha value is -0.150. The molecule has 0 aromatic rings. The summed E-state index contributed by atoms with van der Waals surface area (Å²) in [6.07, 6.45) is 6.11. The molecule has 0 unspecified atom stereocenters. The third-order valence-corrected chi connectivity index (χ3v) is 3.82. The van der Waals surface area contributed by atoms with Crippen LogP contribution >= 0.6 is 0 Å². The standard InChI is InChI=1S/C12H22FNO/c13-11-4-8-14(9-5-11)10-12(15)6-2-1-3-7-12/h11,15H,1-10H2. The fraction of sp³-hybridized carbons (Fsp3) is 1.00. The summed E-state index contributed by atoms with van der Waals surface area (Å²) >= 11 is 0. The lowest BCUT2D eigenvalue weighted by molar-refractivity contribution is -0.0338. The van der Waals surface area contributed by atoms with Gasteiger partial charge >= 0.3 is 0 Å². The van der Waals surface area contributed by atoms with Gasteiger partial charge in [0, 0.05) is 19.6 Å². The van der Waals surface area contributed by atoms with Crippen LogP contribution in [0, 0.1) is 0 Å². The second-order valence-electron chi connectivity index (χ2n) is 5.24. The second kappa shape index (κ2) is 4.79. The molecule has 2 nitrogen and oxygen atoms in total. The molecule has 1 heterocycles. The van der Waals surface area contributed by atoms with Crippen molar-refractivity contribution in [2.45, 2.75) is 56.7 Å². The summed E-state index contributed by atoms with van der Waals surface area (Å²) < 4.78 is 12.9. The first kappa shape index (κ1) is 11.3. The molecule has 2 fully saturated rings. The lowest BCUT2D eigenvalue weighted by Crippen LogP contribution is -2.47. The molecule has 3 heteroatoms. The van der Waals surface area contributed by atoms with Crippen molar-refractivity contribution in [3.05, 3.63) is 0 Å². The maximum absolute atomic E-state index is 12.9. The third kappa shape index (κ3) is 3.15. The number of aliphatic hydroxyl groups is 1. The lowest BCUT2D eigenvalue weighted by atomic mass is 9.84. The largest absolute Gasteiger partial charge is 0.389 e. The van der Waals surface area contributed by atoms with E-state index in [1.165, 1.54) is 6.42 Å². The first-order chi connectivity index (χ1) is 7.18. The molecule has 88 valence electrons. The Morgan fingerprint density at radius 1 is 1.13 bits per heavy atom. The van der Waals surface area contributed by atoms with E-state index in [4.69, 9.17) is 0 Å². The zero-order valence-corrected chi connectivity index (χ0v) is 9.42. The molecule has 1 aliphatic heterocycles. The van der Waals surface area contributed by atoms with Crippen LogP contribution in [0.25, 0.3) is 0 Å². The summed E-state index contributed by atoms with van der Waals surface area (Å²) in [5.74, 6) is 0. The van der Waals surface area contributed by atoms with Crippen molar-refractivity contribution in [1.29, 1.82) is 0 Å². The van der Waals surface area contributed by atoms with Crippen LogP contribution in [-0.2, 0) is 0 Å². The normalized spacial score (nSPS) is 29.2. The monoisotopic (exact) mass is 215 g/mol. The average molecular weight is 215 g/mol. The van der Waals surface area contributed by atoms with Gasteiger partial charge in [0.1, 0.15) is 6.17 Å². The van der Waals surface area contributed by atoms with Gasteiger partial charge in [-0.2, -0.15) is 0 Å². The van der Waals surface area contributed by atoms with E-state index in [2.05, 4.69) is 4.90 Å². The molecule has 1 saturated carbocycles. The maximum atomic E-state index is 12.9. The Kier molecular flexibility index (Phi) is 3.62. The Labute approximate surface area is 91.5 Å². The maximum Gasteiger partial charge on any atom is 0.103 e. The molecule has 0 spiro atoms. The van der Waals surface area contributed by atoms with Crippen molar-refractivity contribution in [1.82, 2.24) is 4.90 Å². The van der Waals surface area contributed by atoms with Crippen LogP contribution < -0.4 is 0 Å². The number of β-amino-alcohol motifs (C(OH)–C–C–N with tert-alkyl or cyclic N) is 1. The zero-order chi connectivity index (χ0) is 10.7. The molecule has 0 amide bonds. The minimum atomic E-state index is -0.609. The number of rotatable bonds is 2.